The number of rotatable bonds is 2. The molecule has 0 aliphatic carbocycles. The number of hydrogen-bond acceptors (Lipinski definition) is 5. The van der Waals surface area contributed by atoms with E-state index < -0.39 is 5.60 Å². The molecule has 3 rings (SSSR count). The standard InChI is InChI=1S/C21H28N2O4/c1-13(2)15-6-7-17-16(12-15)19(24)26-18(22-17)14-8-10-23(11-9-14)20(25)27-21(3,4)5/h6-7,12-14H,8-11H2,1-5H3. The second-order valence-corrected chi connectivity index (χ2v) is 8.51. The Morgan fingerprint density at radius 3 is 2.52 bits per heavy atom. The third kappa shape index (κ3) is 4.49. The lowest BCUT2D eigenvalue weighted by Crippen LogP contribution is -2.41. The molecule has 6 nitrogen and oxygen atoms in total. The lowest BCUT2D eigenvalue weighted by atomic mass is 9.96. The van der Waals surface area contributed by atoms with Gasteiger partial charge in [-0.05, 0) is 57.2 Å². The Labute approximate surface area is 159 Å². The number of nitrogens with zero attached hydrogens (tertiary/aromatic N) is 2. The monoisotopic (exact) mass is 372 g/mol. The lowest BCUT2D eigenvalue weighted by Gasteiger charge is -2.32. The van der Waals surface area contributed by atoms with E-state index in [1.165, 1.54) is 0 Å². The number of likely N-dealkylation sites (tertiary alicyclic amines) is 1. The third-order valence-electron chi connectivity index (χ3n) is 4.83. The maximum atomic E-state index is 12.5. The topological polar surface area (TPSA) is 72.6 Å². The van der Waals surface area contributed by atoms with E-state index in [2.05, 4.69) is 18.8 Å². The fourth-order valence-electron chi connectivity index (χ4n) is 3.28. The van der Waals surface area contributed by atoms with Gasteiger partial charge in [0.1, 0.15) is 5.60 Å². The molecule has 0 unspecified atom stereocenters. The number of amides is 1. The Morgan fingerprint density at radius 2 is 1.93 bits per heavy atom. The number of aromatic nitrogens is 1. The highest BCUT2D eigenvalue weighted by molar-refractivity contribution is 5.78. The summed E-state index contributed by atoms with van der Waals surface area (Å²) in [4.78, 5) is 30.9. The molecule has 1 fully saturated rings. The highest BCUT2D eigenvalue weighted by Gasteiger charge is 2.29. The first-order valence-electron chi connectivity index (χ1n) is 9.56. The van der Waals surface area contributed by atoms with E-state index in [0.717, 1.165) is 5.56 Å². The van der Waals surface area contributed by atoms with Gasteiger partial charge in [-0.2, -0.15) is 0 Å². The molecule has 2 aromatic rings. The highest BCUT2D eigenvalue weighted by Crippen LogP contribution is 2.28. The van der Waals surface area contributed by atoms with E-state index >= 15 is 0 Å². The van der Waals surface area contributed by atoms with Gasteiger partial charge in [-0.3, -0.25) is 0 Å². The number of hydrogen-bond donors (Lipinski definition) is 0. The van der Waals surface area contributed by atoms with Crippen molar-refractivity contribution in [3.63, 3.8) is 0 Å². The molecule has 0 radical (unpaired) electrons. The fraction of sp³-hybridized carbons (Fsp3) is 0.571. The van der Waals surface area contributed by atoms with Gasteiger partial charge in [-0.25, -0.2) is 14.6 Å². The van der Waals surface area contributed by atoms with Crippen LogP contribution in [0.25, 0.3) is 10.9 Å². The van der Waals surface area contributed by atoms with E-state index in [-0.39, 0.29) is 17.6 Å². The Hall–Kier alpha value is -2.37. The number of piperidine rings is 1. The number of carbonyl (C=O) groups is 1. The molecule has 1 aliphatic rings. The van der Waals surface area contributed by atoms with Crippen molar-refractivity contribution >= 4 is 17.0 Å². The lowest BCUT2D eigenvalue weighted by molar-refractivity contribution is 0.0198. The zero-order chi connectivity index (χ0) is 19.8. The van der Waals surface area contributed by atoms with E-state index in [1.807, 2.05) is 39.0 Å². The van der Waals surface area contributed by atoms with Gasteiger partial charge in [0.2, 0.25) is 5.89 Å². The van der Waals surface area contributed by atoms with Crippen LogP contribution in [0.15, 0.2) is 27.4 Å². The van der Waals surface area contributed by atoms with Crippen LogP contribution < -0.4 is 5.63 Å². The molecule has 146 valence electrons. The van der Waals surface area contributed by atoms with Crippen molar-refractivity contribution < 1.29 is 13.9 Å². The van der Waals surface area contributed by atoms with Gasteiger partial charge in [-0.15, -0.1) is 0 Å². The fourth-order valence-corrected chi connectivity index (χ4v) is 3.28. The van der Waals surface area contributed by atoms with Crippen LogP contribution in [0.2, 0.25) is 0 Å². The molecule has 1 amide bonds. The molecule has 0 N–H and O–H groups in total. The Kier molecular flexibility index (Phi) is 5.27. The average molecular weight is 372 g/mol. The van der Waals surface area contributed by atoms with Gasteiger partial charge >= 0.3 is 11.7 Å². The van der Waals surface area contributed by atoms with Crippen LogP contribution in [0.5, 0.6) is 0 Å². The molecule has 1 aromatic heterocycles. The van der Waals surface area contributed by atoms with E-state index in [4.69, 9.17) is 9.15 Å². The summed E-state index contributed by atoms with van der Waals surface area (Å²) in [6, 6.07) is 5.77. The molecular weight excluding hydrogens is 344 g/mol. The van der Waals surface area contributed by atoms with Gasteiger partial charge < -0.3 is 14.1 Å². The minimum absolute atomic E-state index is 0.0329. The van der Waals surface area contributed by atoms with E-state index in [1.54, 1.807) is 4.90 Å². The summed E-state index contributed by atoms with van der Waals surface area (Å²) in [6.07, 6.45) is 1.10. The largest absolute Gasteiger partial charge is 0.444 e. The first-order valence-corrected chi connectivity index (χ1v) is 9.56. The molecule has 2 heterocycles. The van der Waals surface area contributed by atoms with Crippen LogP contribution in [0, 0.1) is 0 Å². The molecule has 27 heavy (non-hydrogen) atoms. The SMILES string of the molecule is CC(C)c1ccc2nc(C3CCN(C(=O)OC(C)(C)C)CC3)oc(=O)c2c1. The summed E-state index contributed by atoms with van der Waals surface area (Å²) in [5.41, 5.74) is 0.914. The second-order valence-electron chi connectivity index (χ2n) is 8.51. The van der Waals surface area contributed by atoms with Crippen molar-refractivity contribution in [1.29, 1.82) is 0 Å². The molecule has 6 heteroatoms. The molecule has 0 atom stereocenters. The molecule has 1 saturated heterocycles. The molecular formula is C21H28N2O4. The Balaban J connectivity index is 1.75. The molecule has 0 saturated carbocycles. The summed E-state index contributed by atoms with van der Waals surface area (Å²) < 4.78 is 11.0. The zero-order valence-corrected chi connectivity index (χ0v) is 16.7. The van der Waals surface area contributed by atoms with Crippen LogP contribution in [0.4, 0.5) is 4.79 Å². The van der Waals surface area contributed by atoms with E-state index in [9.17, 15) is 9.59 Å². The summed E-state index contributed by atoms with van der Waals surface area (Å²) >= 11 is 0. The van der Waals surface area contributed by atoms with Gasteiger partial charge in [0.05, 0.1) is 10.9 Å². The first-order chi connectivity index (χ1) is 12.6. The summed E-state index contributed by atoms with van der Waals surface area (Å²) in [7, 11) is 0. The number of fused-ring (bicyclic) bond motifs is 1. The van der Waals surface area contributed by atoms with Gasteiger partial charge in [0.15, 0.2) is 0 Å². The van der Waals surface area contributed by atoms with Crippen molar-refractivity contribution in [1.82, 2.24) is 9.88 Å². The van der Waals surface area contributed by atoms with Gasteiger partial charge in [0, 0.05) is 19.0 Å². The Bertz CT molecular complexity index is 887. The summed E-state index contributed by atoms with van der Waals surface area (Å²) in [5.74, 6) is 0.838. The van der Waals surface area contributed by atoms with Gasteiger partial charge in [-0.1, -0.05) is 19.9 Å². The molecule has 0 spiro atoms. The maximum absolute atomic E-state index is 12.5. The van der Waals surface area contributed by atoms with Gasteiger partial charge in [0.25, 0.3) is 0 Å². The van der Waals surface area contributed by atoms with Crippen LogP contribution in [-0.4, -0.2) is 34.7 Å². The van der Waals surface area contributed by atoms with Crippen LogP contribution in [-0.2, 0) is 4.74 Å². The average Bonchev–Trinajstić information content (AvgIpc) is 2.60. The molecule has 1 aromatic carbocycles. The number of carbonyl (C=O) groups excluding carboxylic acids is 1. The van der Waals surface area contributed by atoms with Crippen molar-refractivity contribution in [3.05, 3.63) is 40.1 Å². The predicted octanol–water partition coefficient (Wildman–Crippen LogP) is 4.43. The smallest absolute Gasteiger partial charge is 0.410 e. The highest BCUT2D eigenvalue weighted by atomic mass is 16.6. The Morgan fingerprint density at radius 1 is 1.26 bits per heavy atom. The number of benzene rings is 1. The normalized spacial score (nSPS) is 16.1. The number of ether oxygens (including phenoxy) is 1. The second kappa shape index (κ2) is 7.33. The maximum Gasteiger partial charge on any atom is 0.410 e. The minimum Gasteiger partial charge on any atom is -0.444 e. The van der Waals surface area contributed by atoms with Crippen LogP contribution in [0.1, 0.15) is 70.8 Å². The van der Waals surface area contributed by atoms with Crippen molar-refractivity contribution in [2.75, 3.05) is 13.1 Å². The zero-order valence-electron chi connectivity index (χ0n) is 16.7. The van der Waals surface area contributed by atoms with Crippen molar-refractivity contribution in [3.8, 4) is 0 Å². The van der Waals surface area contributed by atoms with Crippen molar-refractivity contribution in [2.45, 2.75) is 64.9 Å². The quantitative estimate of drug-likeness (QED) is 0.780. The minimum atomic E-state index is -0.504. The van der Waals surface area contributed by atoms with E-state index in [0.29, 0.717) is 48.6 Å². The van der Waals surface area contributed by atoms with Crippen LogP contribution >= 0.6 is 0 Å². The summed E-state index contributed by atoms with van der Waals surface area (Å²) in [5, 5.41) is 0.524. The molecule has 1 aliphatic heterocycles. The van der Waals surface area contributed by atoms with Crippen molar-refractivity contribution in [2.24, 2.45) is 0 Å². The predicted molar refractivity (Wildman–Crippen MR) is 104 cm³/mol. The van der Waals surface area contributed by atoms with Crippen LogP contribution in [0.3, 0.4) is 0 Å². The summed E-state index contributed by atoms with van der Waals surface area (Å²) in [6.45, 7) is 10.9. The molecule has 0 bridgehead atoms. The first kappa shape index (κ1) is 19.4. The third-order valence-corrected chi connectivity index (χ3v) is 4.83.